The summed E-state index contributed by atoms with van der Waals surface area (Å²) in [6.07, 6.45) is 5.04. The summed E-state index contributed by atoms with van der Waals surface area (Å²) in [5.74, 6) is -0.774. The number of nitrogens with zero attached hydrogens (tertiary/aromatic N) is 3. The number of hydrogen-bond donors (Lipinski definition) is 2. The summed E-state index contributed by atoms with van der Waals surface area (Å²) in [4.78, 5) is 36.9. The van der Waals surface area contributed by atoms with Crippen LogP contribution in [0.15, 0.2) is 64.3 Å². The van der Waals surface area contributed by atoms with Crippen LogP contribution in [0.2, 0.25) is 0 Å². The number of benzene rings is 2. The number of piperidine rings is 1. The van der Waals surface area contributed by atoms with Crippen LogP contribution in [0.3, 0.4) is 0 Å². The van der Waals surface area contributed by atoms with Crippen molar-refractivity contribution in [1.82, 2.24) is 9.97 Å². The van der Waals surface area contributed by atoms with Crippen LogP contribution in [-0.2, 0) is 11.2 Å². The van der Waals surface area contributed by atoms with Gasteiger partial charge >= 0.3 is 0 Å². The van der Waals surface area contributed by atoms with Crippen LogP contribution in [0.5, 0.6) is 0 Å². The lowest BCUT2D eigenvalue weighted by molar-refractivity contribution is -0.119. The van der Waals surface area contributed by atoms with Gasteiger partial charge in [0.1, 0.15) is 11.7 Å². The molecule has 178 valence electrons. The maximum atomic E-state index is 13.3. The van der Waals surface area contributed by atoms with E-state index in [2.05, 4.69) is 50.5 Å². The number of nitriles is 1. The van der Waals surface area contributed by atoms with E-state index < -0.39 is 17.7 Å². The summed E-state index contributed by atoms with van der Waals surface area (Å²) in [6, 6.07) is 20.2. The quantitative estimate of drug-likeness (QED) is 0.526. The Hall–Kier alpha value is -3.57. The van der Waals surface area contributed by atoms with Crippen molar-refractivity contribution < 1.29 is 4.79 Å². The Labute approximate surface area is 208 Å². The molecule has 5 rings (SSSR count). The van der Waals surface area contributed by atoms with E-state index in [0.717, 1.165) is 42.8 Å². The average Bonchev–Trinajstić information content (AvgIpc) is 2.89. The fourth-order valence-corrected chi connectivity index (χ4v) is 5.52. The third-order valence-corrected chi connectivity index (χ3v) is 7.75. The summed E-state index contributed by atoms with van der Waals surface area (Å²) in [6.45, 7) is 1.57. The minimum Gasteiger partial charge on any atom is -0.342 e. The van der Waals surface area contributed by atoms with E-state index in [4.69, 9.17) is 0 Å². The number of hydrogen-bond acceptors (Lipinski definition) is 6. The average molecular weight is 486 g/mol. The fourth-order valence-electron chi connectivity index (χ4n) is 5.12. The first kappa shape index (κ1) is 23.2. The van der Waals surface area contributed by atoms with Gasteiger partial charge in [0, 0.05) is 23.9 Å². The first-order valence-corrected chi connectivity index (χ1v) is 13.1. The zero-order valence-corrected chi connectivity index (χ0v) is 20.3. The van der Waals surface area contributed by atoms with Gasteiger partial charge in [0.05, 0.1) is 11.6 Å². The molecular weight excluding hydrogens is 458 g/mol. The van der Waals surface area contributed by atoms with Crippen molar-refractivity contribution >= 4 is 29.4 Å². The maximum Gasteiger partial charge on any atom is 0.258 e. The highest BCUT2D eigenvalue weighted by Gasteiger charge is 2.40. The van der Waals surface area contributed by atoms with Crippen molar-refractivity contribution in [1.29, 1.82) is 5.26 Å². The number of amides is 1. The number of aromatic nitrogens is 2. The van der Waals surface area contributed by atoms with Gasteiger partial charge in [-0.15, -0.1) is 11.8 Å². The van der Waals surface area contributed by atoms with Crippen molar-refractivity contribution in [3.8, 4) is 6.07 Å². The molecule has 0 saturated carbocycles. The largest absolute Gasteiger partial charge is 0.342 e. The van der Waals surface area contributed by atoms with Crippen molar-refractivity contribution in [2.75, 3.05) is 29.6 Å². The molecule has 1 fully saturated rings. The molecule has 1 saturated heterocycles. The second-order valence-electron chi connectivity index (χ2n) is 9.12. The SMILES string of the molecule is CSc1ccc(C2c3c(nc(N4CCC(Cc5ccccc5)CC4)[nH]c3=O)NC(=O)C2C#N)cc1. The molecule has 0 radical (unpaired) electrons. The monoisotopic (exact) mass is 485 g/mol. The molecule has 8 heteroatoms. The van der Waals surface area contributed by atoms with E-state index in [1.54, 1.807) is 11.8 Å². The third-order valence-electron chi connectivity index (χ3n) is 7.01. The van der Waals surface area contributed by atoms with Crippen LogP contribution in [0, 0.1) is 23.2 Å². The van der Waals surface area contributed by atoms with E-state index in [1.165, 1.54) is 5.56 Å². The number of H-pyrrole nitrogens is 1. The standard InChI is InChI=1S/C27H27N5O2S/c1-35-20-9-7-19(8-10-20)22-21(16-28)25(33)29-24-23(22)26(34)31-27(30-24)32-13-11-18(12-14-32)15-17-5-3-2-4-6-17/h2-10,18,21-22H,11-15H2,1H3,(H2,29,30,31,33,34). The molecule has 7 nitrogen and oxygen atoms in total. The van der Waals surface area contributed by atoms with E-state index in [1.807, 2.05) is 36.6 Å². The maximum absolute atomic E-state index is 13.3. The van der Waals surface area contributed by atoms with Gasteiger partial charge in [-0.05, 0) is 54.7 Å². The van der Waals surface area contributed by atoms with Gasteiger partial charge in [0.2, 0.25) is 11.9 Å². The molecule has 2 aliphatic heterocycles. The molecule has 1 amide bonds. The lowest BCUT2D eigenvalue weighted by atomic mass is 9.79. The van der Waals surface area contributed by atoms with E-state index >= 15 is 0 Å². The number of thioether (sulfide) groups is 1. The molecule has 0 aliphatic carbocycles. The number of anilines is 2. The molecule has 3 heterocycles. The third kappa shape index (κ3) is 4.69. The number of carbonyl (C=O) groups excluding carboxylic acids is 1. The number of aromatic amines is 1. The normalized spacial score (nSPS) is 20.1. The zero-order chi connectivity index (χ0) is 24.4. The van der Waals surface area contributed by atoms with Gasteiger partial charge in [-0.3, -0.25) is 14.6 Å². The molecule has 3 aromatic rings. The summed E-state index contributed by atoms with van der Waals surface area (Å²) < 4.78 is 0. The van der Waals surface area contributed by atoms with Gasteiger partial charge in [-0.25, -0.2) is 0 Å². The molecule has 35 heavy (non-hydrogen) atoms. The van der Waals surface area contributed by atoms with E-state index in [9.17, 15) is 14.9 Å². The Morgan fingerprint density at radius 3 is 2.46 bits per heavy atom. The van der Waals surface area contributed by atoms with Crippen molar-refractivity contribution in [3.63, 3.8) is 0 Å². The number of fused-ring (bicyclic) bond motifs is 1. The Bertz CT molecular complexity index is 1310. The van der Waals surface area contributed by atoms with Crippen LogP contribution in [0.25, 0.3) is 0 Å². The Balaban J connectivity index is 1.40. The fraction of sp³-hybridized carbons (Fsp3) is 0.333. The molecule has 2 aromatic carbocycles. The van der Waals surface area contributed by atoms with E-state index in [-0.39, 0.29) is 11.4 Å². The summed E-state index contributed by atoms with van der Waals surface area (Å²) in [5.41, 5.74) is 2.14. The van der Waals surface area contributed by atoms with Crippen LogP contribution >= 0.6 is 11.8 Å². The van der Waals surface area contributed by atoms with Gasteiger partial charge in [0.15, 0.2) is 0 Å². The first-order chi connectivity index (χ1) is 17.1. The highest BCUT2D eigenvalue weighted by molar-refractivity contribution is 7.98. The minimum atomic E-state index is -0.995. The molecule has 0 bridgehead atoms. The lowest BCUT2D eigenvalue weighted by Gasteiger charge is -2.34. The van der Waals surface area contributed by atoms with Crippen LogP contribution in [0.4, 0.5) is 11.8 Å². The highest BCUT2D eigenvalue weighted by atomic mass is 32.2. The predicted octanol–water partition coefficient (Wildman–Crippen LogP) is 4.17. The number of carbonyl (C=O) groups is 1. The van der Waals surface area contributed by atoms with Crippen molar-refractivity contribution in [3.05, 3.63) is 81.6 Å². The molecule has 2 N–H and O–H groups in total. The Kier molecular flexibility index (Phi) is 6.60. The summed E-state index contributed by atoms with van der Waals surface area (Å²) in [7, 11) is 0. The molecule has 2 aliphatic rings. The van der Waals surface area contributed by atoms with Crippen LogP contribution < -0.4 is 15.8 Å². The predicted molar refractivity (Wildman–Crippen MR) is 138 cm³/mol. The van der Waals surface area contributed by atoms with Crippen LogP contribution in [0.1, 0.15) is 35.4 Å². The van der Waals surface area contributed by atoms with Crippen molar-refractivity contribution in [2.24, 2.45) is 11.8 Å². The molecular formula is C27H27N5O2S. The molecule has 2 atom stereocenters. The van der Waals surface area contributed by atoms with Gasteiger partial charge in [-0.2, -0.15) is 10.2 Å². The van der Waals surface area contributed by atoms with Crippen molar-refractivity contribution in [2.45, 2.75) is 30.1 Å². The van der Waals surface area contributed by atoms with Gasteiger partial charge in [-0.1, -0.05) is 42.5 Å². The summed E-state index contributed by atoms with van der Waals surface area (Å²) in [5, 5.41) is 12.5. The highest BCUT2D eigenvalue weighted by Crippen LogP contribution is 2.38. The molecule has 0 spiro atoms. The van der Waals surface area contributed by atoms with Crippen LogP contribution in [-0.4, -0.2) is 35.2 Å². The topological polar surface area (TPSA) is 102 Å². The van der Waals surface area contributed by atoms with E-state index in [0.29, 0.717) is 17.4 Å². The first-order valence-electron chi connectivity index (χ1n) is 11.8. The number of rotatable bonds is 5. The summed E-state index contributed by atoms with van der Waals surface area (Å²) >= 11 is 1.61. The smallest absolute Gasteiger partial charge is 0.258 e. The second-order valence-corrected chi connectivity index (χ2v) is 10.00. The Morgan fingerprint density at radius 2 is 1.80 bits per heavy atom. The minimum absolute atomic E-state index is 0.255. The second kappa shape index (κ2) is 9.96. The molecule has 1 aromatic heterocycles. The zero-order valence-electron chi connectivity index (χ0n) is 19.5. The number of nitrogens with one attached hydrogen (secondary N) is 2. The van der Waals surface area contributed by atoms with Gasteiger partial charge < -0.3 is 10.2 Å². The molecule has 2 unspecified atom stereocenters. The Morgan fingerprint density at radius 1 is 1.09 bits per heavy atom. The lowest BCUT2D eigenvalue weighted by Crippen LogP contribution is -2.41. The van der Waals surface area contributed by atoms with Gasteiger partial charge in [0.25, 0.3) is 5.56 Å².